The Hall–Kier alpha value is -15.6. The normalized spacial score (nSPS) is 11.2. The fraction of sp³-hybridized carbons (Fsp3) is 0.0857. The second kappa shape index (κ2) is 41.2. The smallest absolute Gasteiger partial charge is 0.660 e. The number of para-hydroxylation sites is 6. The third-order valence-corrected chi connectivity index (χ3v) is 24.7. The van der Waals surface area contributed by atoms with Crippen LogP contribution in [0.1, 0.15) is 0 Å². The van der Waals surface area contributed by atoms with Gasteiger partial charge in [0.1, 0.15) is 69.8 Å². The molecule has 0 atom stereocenters. The van der Waals surface area contributed by atoms with Crippen molar-refractivity contribution in [2.75, 3.05) is 0 Å². The van der Waals surface area contributed by atoms with E-state index in [1.807, 2.05) is 315 Å². The summed E-state index contributed by atoms with van der Waals surface area (Å²) in [6.07, 6.45) is 76.0. The van der Waals surface area contributed by atoms with Crippen molar-refractivity contribution in [3.63, 3.8) is 0 Å². The first-order valence-electron chi connectivity index (χ1n) is 44.2. The van der Waals surface area contributed by atoms with Crippen molar-refractivity contribution in [1.29, 1.82) is 0 Å². The molecule has 0 radical (unpaired) electrons. The van der Waals surface area contributed by atoms with Crippen LogP contribution in [0.25, 0.3) is 234 Å². The molecule has 0 saturated heterocycles. The van der Waals surface area contributed by atoms with Gasteiger partial charge in [0.15, 0.2) is 0 Å². The molecular weight excluding hydrogens is 2950 g/mol. The molecule has 0 spiro atoms. The Kier molecular flexibility index (Phi) is 28.0. The van der Waals surface area contributed by atoms with E-state index in [1.165, 1.54) is 0 Å². The van der Waals surface area contributed by atoms with Crippen LogP contribution in [0.5, 0.6) is 0 Å². The minimum atomic E-state index is 0. The summed E-state index contributed by atoms with van der Waals surface area (Å²) in [7, 11) is 17.5. The van der Waals surface area contributed by atoms with Crippen molar-refractivity contribution in [2.45, 2.75) is 0 Å². The van der Waals surface area contributed by atoms with Gasteiger partial charge >= 0.3 is 63.2 Å². The molecule has 0 fully saturated rings. The van der Waals surface area contributed by atoms with E-state index in [2.05, 4.69) is 101 Å². The SMILES string of the molecule is Cn1c[c-]nc1-c1coc2c1[n-]c1c(-n3[c-][n+](C)cc3)cccc12.Cn1c[c-]nc1-c1coc2c1[n-]c1c(-n3[c-][n+](C)cc3)cccc12.Cn1c[c-]nc1-c1coc2c1[n-]c1c(-n3[c-][n+](C)cc3)cccc12.Cn1ccnc1-c1coc2c1[n-]c1c(-n3[c-]ncc3)cccc12.Cn1ccnc1-c1coc2c1[n-]c1c(-n3[c-]ncc3)cccc12.Cn1ccnc1-c1coc2c1[n-]c1c(-n3[c-]ncc3)cccc12.[Pt+2].[Pt+2].[Pt+2].[Pt].[Pt].[Pt]. The molecule has 42 heteroatoms. The van der Waals surface area contributed by atoms with E-state index in [-0.39, 0.29) is 126 Å². The summed E-state index contributed by atoms with van der Waals surface area (Å²) < 4.78 is 63.4. The van der Waals surface area contributed by atoms with E-state index < -0.39 is 0 Å². The van der Waals surface area contributed by atoms with Crippen LogP contribution >= 0.6 is 0 Å². The second-order valence-electron chi connectivity index (χ2n) is 33.5. The van der Waals surface area contributed by atoms with Crippen molar-refractivity contribution in [1.82, 2.24) is 130 Å². The van der Waals surface area contributed by atoms with Gasteiger partial charge in [0.2, 0.25) is 19.0 Å². The van der Waals surface area contributed by atoms with Crippen molar-refractivity contribution >= 4 is 132 Å². The van der Waals surface area contributed by atoms with Gasteiger partial charge in [0, 0.05) is 211 Å². The van der Waals surface area contributed by atoms with Crippen molar-refractivity contribution in [2.24, 2.45) is 63.4 Å². The maximum Gasteiger partial charge on any atom is 2.00 e. The third kappa shape index (κ3) is 17.5. The third-order valence-electron chi connectivity index (χ3n) is 24.7. The largest absolute Gasteiger partial charge is 2.00 e. The average Bonchev–Trinajstić information content (AvgIpc) is 1.57. The summed E-state index contributed by atoms with van der Waals surface area (Å²) in [6, 6.07) is 36.1. The molecule has 0 N–H and O–H groups in total. The summed E-state index contributed by atoms with van der Waals surface area (Å²) in [5.41, 5.74) is 25.8. The molecule has 744 valence electrons. The summed E-state index contributed by atoms with van der Waals surface area (Å²) >= 11 is 0. The molecule has 0 aliphatic rings. The summed E-state index contributed by atoms with van der Waals surface area (Å²) in [5.74, 6) is 4.87. The number of hydrogen-bond donors (Lipinski definition) is 0. The van der Waals surface area contributed by atoms with Crippen LogP contribution in [-0.4, -0.2) is 99.7 Å². The molecule has 6 aromatic carbocycles. The molecular formula is C105H72N30O6Pt6-6. The Labute approximate surface area is 919 Å². The van der Waals surface area contributed by atoms with Gasteiger partial charge in [-0.15, -0.1) is 51.7 Å². The number of aryl methyl sites for hydroxylation is 9. The summed E-state index contributed by atoms with van der Waals surface area (Å²) in [4.78, 5) is 67.0. The van der Waals surface area contributed by atoms with Gasteiger partial charge in [0.25, 0.3) is 0 Å². The zero-order valence-corrected chi connectivity index (χ0v) is 91.9. The molecule has 0 amide bonds. The maximum atomic E-state index is 5.82. The van der Waals surface area contributed by atoms with Crippen LogP contribution in [0.3, 0.4) is 0 Å². The molecule has 24 heterocycles. The Morgan fingerprint density at radius 2 is 0.469 bits per heavy atom. The van der Waals surface area contributed by atoms with Crippen LogP contribution in [0.4, 0.5) is 0 Å². The van der Waals surface area contributed by atoms with E-state index in [4.69, 9.17) is 56.4 Å². The van der Waals surface area contributed by atoms with Gasteiger partial charge in [-0.3, -0.25) is 0 Å². The number of rotatable bonds is 12. The first-order chi connectivity index (χ1) is 69.1. The zero-order chi connectivity index (χ0) is 94.9. The predicted octanol–water partition coefficient (Wildman–Crippen LogP) is 15.3. The quantitative estimate of drug-likeness (QED) is 0.0810. The number of benzene rings is 6. The Morgan fingerprint density at radius 1 is 0.252 bits per heavy atom. The fourth-order valence-electron chi connectivity index (χ4n) is 18.0. The van der Waals surface area contributed by atoms with Crippen LogP contribution in [0.2, 0.25) is 0 Å². The van der Waals surface area contributed by atoms with E-state index in [0.29, 0.717) is 0 Å². The Balaban J connectivity index is 0.000000110. The van der Waals surface area contributed by atoms with Crippen molar-refractivity contribution in [3.8, 4) is 102 Å². The van der Waals surface area contributed by atoms with Crippen LogP contribution in [-0.2, 0) is 190 Å². The Bertz CT molecular complexity index is 8980. The molecule has 0 aliphatic heterocycles. The molecule has 0 aliphatic carbocycles. The summed E-state index contributed by atoms with van der Waals surface area (Å²) in [6.45, 7) is 0. The molecule has 24 aromatic heterocycles. The standard InChI is InChI=1S/3C18H13N5O.3C17H11N5O.6Pt/c3*1-21-8-9-23(11-21)14-5-3-4-12-15(14)20-16-13(10-24-17(12)16)18-19-6-7-22(18)2;3*1-21-7-6-19-17(21)12-9-23-16-11-3-2-4-13(14(11)20-15(12)16)22-8-5-18-10-22;;;;;;/h3*3-5,7-10H,1-2H3;3*2-9H,1H3;;;;;;/q6*-2;;;;3*+2. The second-order valence-corrected chi connectivity index (χ2v) is 33.5. The maximum absolute atomic E-state index is 5.82. The first-order valence-corrected chi connectivity index (χ1v) is 44.2. The summed E-state index contributed by atoms with van der Waals surface area (Å²) in [5, 5.41) is 5.87. The monoisotopic (exact) mass is 3020 g/mol. The van der Waals surface area contributed by atoms with Gasteiger partial charge in [-0.25, -0.2) is 15.0 Å². The number of nitrogens with zero attached hydrogens (tertiary/aromatic N) is 30. The molecule has 147 heavy (non-hydrogen) atoms. The van der Waals surface area contributed by atoms with Crippen molar-refractivity contribution < 1.29 is 167 Å². The fourth-order valence-corrected chi connectivity index (χ4v) is 18.0. The topological polar surface area (TPSA) is 350 Å². The number of aromatic nitrogens is 30. The van der Waals surface area contributed by atoms with Crippen molar-refractivity contribution in [3.05, 3.63) is 333 Å². The van der Waals surface area contributed by atoms with Gasteiger partial charge in [-0.05, 0) is 105 Å². The van der Waals surface area contributed by atoms with Gasteiger partial charge in [-0.2, -0.15) is 0 Å². The first kappa shape index (κ1) is 100. The minimum Gasteiger partial charge on any atom is -0.660 e. The van der Waals surface area contributed by atoms with Gasteiger partial charge in [0.05, 0.1) is 39.9 Å². The van der Waals surface area contributed by atoms with Gasteiger partial charge in [-0.1, -0.05) is 198 Å². The van der Waals surface area contributed by atoms with E-state index in [9.17, 15) is 0 Å². The predicted molar refractivity (Wildman–Crippen MR) is 518 cm³/mol. The zero-order valence-electron chi connectivity index (χ0n) is 78.2. The van der Waals surface area contributed by atoms with Crippen LogP contribution < -0.4 is 43.6 Å². The van der Waals surface area contributed by atoms with E-state index in [0.717, 1.165) is 234 Å². The number of furan rings is 6. The molecule has 30 rings (SSSR count). The van der Waals surface area contributed by atoms with Crippen LogP contribution in [0, 0.1) is 56.6 Å². The minimum absolute atomic E-state index is 0. The molecule has 0 unspecified atom stereocenters. The molecule has 30 aromatic rings. The van der Waals surface area contributed by atoms with Gasteiger partial charge < -0.3 is 155 Å². The number of hydrogen-bond acceptors (Lipinski definition) is 15. The van der Waals surface area contributed by atoms with Crippen LogP contribution in [0.15, 0.2) is 303 Å². The van der Waals surface area contributed by atoms with E-state index >= 15 is 0 Å². The Morgan fingerprint density at radius 3 is 0.646 bits per heavy atom. The van der Waals surface area contributed by atoms with E-state index in [1.54, 1.807) is 93.4 Å². The number of imidazole rings is 12. The molecule has 36 nitrogen and oxygen atoms in total. The number of fused-ring (bicyclic) bond motifs is 18. The average molecular weight is 3020 g/mol. The molecule has 0 saturated carbocycles. The molecule has 0 bridgehead atoms.